The Kier molecular flexibility index (Phi) is 41.4. The smallest absolute Gasteiger partial charge is 0.457 e. The van der Waals surface area contributed by atoms with Gasteiger partial charge >= 0.3 is 13.8 Å². The number of phosphoric acid groups is 1. The second-order valence-electron chi connectivity index (χ2n) is 14.7. The van der Waals surface area contributed by atoms with Crippen LogP contribution in [0.5, 0.6) is 0 Å². The molecule has 10 heteroatoms. The van der Waals surface area contributed by atoms with Crippen LogP contribution < -0.4 is 0 Å². The van der Waals surface area contributed by atoms with Crippen LogP contribution in [0.3, 0.4) is 0 Å². The molecule has 3 atom stereocenters. The van der Waals surface area contributed by atoms with Crippen LogP contribution in [0, 0.1) is 0 Å². The molecule has 0 aromatic rings. The van der Waals surface area contributed by atoms with Crippen LogP contribution in [0.2, 0.25) is 0 Å². The van der Waals surface area contributed by atoms with E-state index in [0.29, 0.717) is 13.0 Å². The summed E-state index contributed by atoms with van der Waals surface area (Å²) < 4.78 is 33.4. The highest BCUT2D eigenvalue weighted by atomic mass is 31.2. The molecule has 9 nitrogen and oxygen atoms in total. The van der Waals surface area contributed by atoms with Crippen molar-refractivity contribution in [3.05, 3.63) is 60.8 Å². The monoisotopic (exact) mass is 811 g/mol. The number of ether oxygens (including phenoxy) is 2. The molecule has 0 rings (SSSR count). The van der Waals surface area contributed by atoms with Crippen molar-refractivity contribution in [1.82, 2.24) is 0 Å². The zero-order valence-electron chi connectivity index (χ0n) is 35.6. The van der Waals surface area contributed by atoms with Crippen molar-refractivity contribution < 1.29 is 43.0 Å². The van der Waals surface area contributed by atoms with Gasteiger partial charge in [0.25, 0.3) is 0 Å². The Morgan fingerprint density at radius 1 is 0.554 bits per heavy atom. The van der Waals surface area contributed by atoms with E-state index in [1.807, 2.05) is 0 Å². The molecule has 0 aliphatic rings. The first kappa shape index (κ1) is 54.2. The maximum Gasteiger partial charge on any atom is 0.472 e. The second kappa shape index (κ2) is 42.8. The van der Waals surface area contributed by atoms with Crippen molar-refractivity contribution >= 4 is 13.8 Å². The van der Waals surface area contributed by atoms with Crippen molar-refractivity contribution in [1.29, 1.82) is 0 Å². The first-order valence-electron chi connectivity index (χ1n) is 22.3. The van der Waals surface area contributed by atoms with Gasteiger partial charge in [-0.05, 0) is 77.0 Å². The van der Waals surface area contributed by atoms with E-state index in [-0.39, 0.29) is 19.6 Å². The number of phosphoric ester groups is 1. The third kappa shape index (κ3) is 41.8. The first-order valence-corrected chi connectivity index (χ1v) is 23.8. The van der Waals surface area contributed by atoms with Gasteiger partial charge in [-0.25, -0.2) is 4.57 Å². The van der Waals surface area contributed by atoms with Gasteiger partial charge in [0.05, 0.1) is 26.4 Å². The molecular formula is C46H83O9P. The largest absolute Gasteiger partial charge is 0.472 e. The predicted molar refractivity (Wildman–Crippen MR) is 233 cm³/mol. The molecule has 0 aromatic carbocycles. The molecule has 0 saturated carbocycles. The Balaban J connectivity index is 4.20. The number of esters is 1. The summed E-state index contributed by atoms with van der Waals surface area (Å²) in [5.74, 6) is -0.401. The standard InChI is InChI=1S/C46H83O9P/c1-3-5-7-9-11-13-15-17-19-20-21-22-23-24-25-26-28-30-32-34-36-38-46(49)55-45(43-54-56(50,51)53-41-44(48)40-47)42-52-39-37-35-33-31-29-27-18-16-14-12-10-8-6-4-2/h8,10,14-17,20-21,23-24,44-45,47-48H,3-7,9,11-13,18-19,22,25-43H2,1-2H3,(H,50,51)/b10-8-,16-14-,17-15-,21-20-,24-23-. The summed E-state index contributed by atoms with van der Waals surface area (Å²) in [4.78, 5) is 22.6. The lowest BCUT2D eigenvalue weighted by Gasteiger charge is -2.20. The molecule has 3 unspecified atom stereocenters. The molecule has 56 heavy (non-hydrogen) atoms. The molecule has 3 N–H and O–H groups in total. The van der Waals surface area contributed by atoms with E-state index >= 15 is 0 Å². The number of hydrogen-bond donors (Lipinski definition) is 3. The molecule has 0 fully saturated rings. The Hall–Kier alpha value is -1.84. The van der Waals surface area contributed by atoms with Crippen molar-refractivity contribution in [2.75, 3.05) is 33.0 Å². The lowest BCUT2D eigenvalue weighted by Crippen LogP contribution is -2.29. The number of unbranched alkanes of at least 4 members (excludes halogenated alkanes) is 18. The summed E-state index contributed by atoms with van der Waals surface area (Å²) in [5.41, 5.74) is 0. The quantitative estimate of drug-likeness (QED) is 0.0239. The van der Waals surface area contributed by atoms with E-state index in [4.69, 9.17) is 23.6 Å². The fourth-order valence-electron chi connectivity index (χ4n) is 5.75. The van der Waals surface area contributed by atoms with Crippen LogP contribution in [0.1, 0.15) is 181 Å². The number of aliphatic hydroxyl groups is 2. The summed E-state index contributed by atoms with van der Waals surface area (Å²) >= 11 is 0. The Bertz CT molecular complexity index is 1060. The highest BCUT2D eigenvalue weighted by molar-refractivity contribution is 7.47. The highest BCUT2D eigenvalue weighted by Gasteiger charge is 2.26. The van der Waals surface area contributed by atoms with Crippen LogP contribution in [0.25, 0.3) is 0 Å². The predicted octanol–water partition coefficient (Wildman–Crippen LogP) is 12.4. The van der Waals surface area contributed by atoms with E-state index in [9.17, 15) is 19.4 Å². The van der Waals surface area contributed by atoms with Crippen molar-refractivity contribution in [3.8, 4) is 0 Å². The third-order valence-electron chi connectivity index (χ3n) is 9.16. The maximum atomic E-state index is 12.6. The molecule has 0 saturated heterocycles. The van der Waals surface area contributed by atoms with Crippen LogP contribution in [0.4, 0.5) is 0 Å². The van der Waals surface area contributed by atoms with E-state index < -0.39 is 39.2 Å². The lowest BCUT2D eigenvalue weighted by molar-refractivity contribution is -0.154. The minimum absolute atomic E-state index is 0.0341. The number of hydrogen-bond acceptors (Lipinski definition) is 8. The third-order valence-corrected chi connectivity index (χ3v) is 10.1. The van der Waals surface area contributed by atoms with E-state index in [1.54, 1.807) is 0 Å². The molecule has 0 heterocycles. The fraction of sp³-hybridized carbons (Fsp3) is 0.761. The minimum Gasteiger partial charge on any atom is -0.457 e. The molecular weight excluding hydrogens is 727 g/mol. The first-order chi connectivity index (χ1) is 27.3. The summed E-state index contributed by atoms with van der Waals surface area (Å²) in [6, 6.07) is 0. The SMILES string of the molecule is CCC/C=C\C/C=C\CCCCCCCCOCC(COP(=O)(O)OCC(O)CO)OC(=O)CCCCCCCC/C=C\C/C=C\C/C=C\CCCCCCC. The molecule has 0 spiro atoms. The molecule has 0 amide bonds. The van der Waals surface area contributed by atoms with Crippen molar-refractivity contribution in [3.63, 3.8) is 0 Å². The van der Waals surface area contributed by atoms with E-state index in [0.717, 1.165) is 89.9 Å². The van der Waals surface area contributed by atoms with Crippen LogP contribution in [0.15, 0.2) is 60.8 Å². The Labute approximate surface area is 342 Å². The van der Waals surface area contributed by atoms with Crippen LogP contribution in [-0.2, 0) is 27.9 Å². The second-order valence-corrected chi connectivity index (χ2v) is 16.2. The zero-order valence-corrected chi connectivity index (χ0v) is 36.5. The average Bonchev–Trinajstić information content (AvgIpc) is 3.19. The van der Waals surface area contributed by atoms with Gasteiger partial charge in [0.1, 0.15) is 12.2 Å². The van der Waals surface area contributed by atoms with Gasteiger partial charge in [-0.1, -0.05) is 158 Å². The molecule has 0 bridgehead atoms. The number of carbonyl (C=O) groups is 1. The zero-order chi connectivity index (χ0) is 41.1. The highest BCUT2D eigenvalue weighted by Crippen LogP contribution is 2.43. The van der Waals surface area contributed by atoms with E-state index in [1.165, 1.54) is 64.2 Å². The van der Waals surface area contributed by atoms with Gasteiger partial charge < -0.3 is 24.6 Å². The van der Waals surface area contributed by atoms with Gasteiger partial charge in [0.2, 0.25) is 0 Å². The van der Waals surface area contributed by atoms with Gasteiger partial charge in [-0.2, -0.15) is 0 Å². The van der Waals surface area contributed by atoms with Gasteiger partial charge in [0.15, 0.2) is 0 Å². The minimum atomic E-state index is -4.53. The summed E-state index contributed by atoms with van der Waals surface area (Å²) in [6.45, 7) is 3.39. The number of aliphatic hydroxyl groups excluding tert-OH is 2. The summed E-state index contributed by atoms with van der Waals surface area (Å²) in [6.07, 6.45) is 48.9. The number of rotatable bonds is 42. The van der Waals surface area contributed by atoms with Gasteiger partial charge in [-0.15, -0.1) is 0 Å². The Morgan fingerprint density at radius 3 is 1.52 bits per heavy atom. The molecule has 0 radical (unpaired) electrons. The van der Waals surface area contributed by atoms with Gasteiger partial charge in [0, 0.05) is 13.0 Å². The van der Waals surface area contributed by atoms with Crippen LogP contribution >= 0.6 is 7.82 Å². The summed E-state index contributed by atoms with van der Waals surface area (Å²) in [7, 11) is -4.53. The Morgan fingerprint density at radius 2 is 1.00 bits per heavy atom. The van der Waals surface area contributed by atoms with Crippen LogP contribution in [-0.4, -0.2) is 66.3 Å². The fourth-order valence-corrected chi connectivity index (χ4v) is 6.54. The lowest BCUT2D eigenvalue weighted by atomic mass is 10.1. The molecule has 0 aromatic heterocycles. The topological polar surface area (TPSA) is 132 Å². The molecule has 0 aliphatic carbocycles. The van der Waals surface area contributed by atoms with Crippen molar-refractivity contribution in [2.45, 2.75) is 193 Å². The molecule has 0 aliphatic heterocycles. The molecule has 326 valence electrons. The summed E-state index contributed by atoms with van der Waals surface area (Å²) in [5, 5.41) is 18.3. The van der Waals surface area contributed by atoms with Gasteiger partial charge in [-0.3, -0.25) is 13.8 Å². The number of carbonyl (C=O) groups excluding carboxylic acids is 1. The maximum absolute atomic E-state index is 12.6. The van der Waals surface area contributed by atoms with E-state index in [2.05, 4.69) is 74.6 Å². The van der Waals surface area contributed by atoms with Crippen molar-refractivity contribution in [2.24, 2.45) is 0 Å². The normalized spacial score (nSPS) is 14.6. The number of allylic oxidation sites excluding steroid dienone is 10. The average molecular weight is 811 g/mol.